The van der Waals surface area contributed by atoms with Crippen LogP contribution in [0.1, 0.15) is 0 Å². The fourth-order valence-electron chi connectivity index (χ4n) is 3.21. The number of benzene rings is 3. The fraction of sp³-hybridized carbons (Fsp3) is 0. The van der Waals surface area contributed by atoms with E-state index in [0.717, 1.165) is 0 Å². The summed E-state index contributed by atoms with van der Waals surface area (Å²) in [5, 5.41) is 1.68. The van der Waals surface area contributed by atoms with Gasteiger partial charge >= 0.3 is 0 Å². The van der Waals surface area contributed by atoms with Crippen LogP contribution >= 0.6 is 23.2 Å². The van der Waals surface area contributed by atoms with Crippen molar-refractivity contribution < 1.29 is 8.83 Å². The molecule has 0 aliphatic heterocycles. The first kappa shape index (κ1) is 15.4. The Morgan fingerprint density at radius 2 is 1.08 bits per heavy atom. The van der Waals surface area contributed by atoms with Crippen molar-refractivity contribution in [2.24, 2.45) is 0 Å². The van der Waals surface area contributed by atoms with E-state index in [2.05, 4.69) is 0 Å². The summed E-state index contributed by atoms with van der Waals surface area (Å²) >= 11 is 12.3. The van der Waals surface area contributed by atoms with E-state index in [1.165, 1.54) is 6.07 Å². The van der Waals surface area contributed by atoms with Crippen LogP contribution in [0.2, 0.25) is 10.0 Å². The van der Waals surface area contributed by atoms with E-state index in [1.807, 2.05) is 0 Å². The second-order valence-electron chi connectivity index (χ2n) is 5.93. The minimum Gasteiger partial charge on any atom is -0.456 e. The predicted octanol–water partition coefficient (Wildman–Crippen LogP) is 5.51. The molecular weight excluding hydrogens is 375 g/mol. The third-order valence-corrected chi connectivity index (χ3v) is 5.05. The number of hydrogen-bond acceptors (Lipinski definition) is 4. The Hall–Kier alpha value is -2.82. The van der Waals surface area contributed by atoms with Gasteiger partial charge in [-0.3, -0.25) is 9.59 Å². The largest absolute Gasteiger partial charge is 0.456 e. The average molecular weight is 383 g/mol. The van der Waals surface area contributed by atoms with Crippen molar-refractivity contribution in [1.29, 1.82) is 0 Å². The smallest absolute Gasteiger partial charge is 0.202 e. The molecule has 5 rings (SSSR count). The van der Waals surface area contributed by atoms with Crippen LogP contribution < -0.4 is 10.9 Å². The Morgan fingerprint density at radius 3 is 1.54 bits per heavy atom. The molecule has 0 bridgehead atoms. The molecule has 4 nitrogen and oxygen atoms in total. The van der Waals surface area contributed by atoms with Gasteiger partial charge in [0, 0.05) is 6.07 Å². The predicted molar refractivity (Wildman–Crippen MR) is 104 cm³/mol. The first-order valence-corrected chi connectivity index (χ1v) is 8.50. The van der Waals surface area contributed by atoms with E-state index in [4.69, 9.17) is 32.0 Å². The lowest BCUT2D eigenvalue weighted by molar-refractivity contribution is 0.646. The Labute approximate surface area is 155 Å². The van der Waals surface area contributed by atoms with E-state index in [9.17, 15) is 9.59 Å². The van der Waals surface area contributed by atoms with Crippen LogP contribution in [0.15, 0.2) is 67.0 Å². The van der Waals surface area contributed by atoms with Gasteiger partial charge in [-0.15, -0.1) is 0 Å². The molecule has 0 saturated carbocycles. The fourth-order valence-corrected chi connectivity index (χ4v) is 3.71. The van der Waals surface area contributed by atoms with Crippen LogP contribution in [0.4, 0.5) is 0 Å². The first-order chi connectivity index (χ1) is 12.5. The molecule has 2 aromatic heterocycles. The molecule has 0 N–H and O–H groups in total. The van der Waals surface area contributed by atoms with Crippen LogP contribution in [0.3, 0.4) is 0 Å². The highest BCUT2D eigenvalue weighted by Gasteiger charge is 2.16. The zero-order valence-corrected chi connectivity index (χ0v) is 14.5. The van der Waals surface area contributed by atoms with Crippen molar-refractivity contribution in [2.45, 2.75) is 0 Å². The molecule has 0 atom stereocenters. The molecule has 0 fully saturated rings. The van der Waals surface area contributed by atoms with Crippen LogP contribution in [0, 0.1) is 0 Å². The monoisotopic (exact) mass is 382 g/mol. The minimum atomic E-state index is -0.299. The summed E-state index contributed by atoms with van der Waals surface area (Å²) in [5.41, 5.74) is 0.796. The van der Waals surface area contributed by atoms with E-state index in [0.29, 0.717) is 32.4 Å². The van der Waals surface area contributed by atoms with Crippen molar-refractivity contribution in [3.8, 4) is 0 Å². The van der Waals surface area contributed by atoms with Gasteiger partial charge in [0.15, 0.2) is 0 Å². The molecule has 5 aromatic rings. The summed E-state index contributed by atoms with van der Waals surface area (Å²) in [7, 11) is 0. The molecule has 0 saturated heterocycles. The lowest BCUT2D eigenvalue weighted by atomic mass is 10.1. The molecule has 0 aliphatic carbocycles. The van der Waals surface area contributed by atoms with Crippen molar-refractivity contribution in [3.63, 3.8) is 0 Å². The van der Waals surface area contributed by atoms with Crippen LogP contribution in [-0.4, -0.2) is 0 Å². The van der Waals surface area contributed by atoms with Gasteiger partial charge < -0.3 is 8.83 Å². The van der Waals surface area contributed by atoms with Crippen molar-refractivity contribution >= 4 is 67.1 Å². The molecule has 2 heterocycles. The van der Waals surface area contributed by atoms with Crippen LogP contribution in [0.5, 0.6) is 0 Å². The second kappa shape index (κ2) is 5.34. The van der Waals surface area contributed by atoms with Crippen molar-refractivity contribution in [1.82, 2.24) is 0 Å². The van der Waals surface area contributed by atoms with Crippen LogP contribution in [-0.2, 0) is 0 Å². The number of hydrogen-bond donors (Lipinski definition) is 0. The number of halogens is 2. The number of fused-ring (bicyclic) bond motifs is 4. The summed E-state index contributed by atoms with van der Waals surface area (Å²) in [6, 6.07) is 13.0. The molecule has 6 heteroatoms. The van der Waals surface area contributed by atoms with Gasteiger partial charge in [-0.05, 0) is 30.3 Å². The van der Waals surface area contributed by atoms with Gasteiger partial charge in [0.2, 0.25) is 10.9 Å². The molecule has 0 aliphatic rings. The normalized spacial score (nSPS) is 11.8. The van der Waals surface area contributed by atoms with Gasteiger partial charge in [-0.1, -0.05) is 35.3 Å². The SMILES string of the molecule is O=c1c2cc3c(=O)c4c(Cl)cccc4oc3cc2oc2cccc(Cl)c12. The average Bonchev–Trinajstić information content (AvgIpc) is 2.61. The lowest BCUT2D eigenvalue weighted by Gasteiger charge is -2.06. The molecule has 0 unspecified atom stereocenters. The van der Waals surface area contributed by atoms with Gasteiger partial charge in [-0.25, -0.2) is 0 Å². The standard InChI is InChI=1S/C20H8Cl2O4/c21-11-3-1-5-13-17(11)19(23)9-7-10-16(8-15(9)25-13)26-14-6-2-4-12(22)18(14)20(10)24/h1-8H. The zero-order valence-electron chi connectivity index (χ0n) is 13.0. The van der Waals surface area contributed by atoms with Gasteiger partial charge in [0.05, 0.1) is 31.6 Å². The molecule has 0 radical (unpaired) electrons. The summed E-state index contributed by atoms with van der Waals surface area (Å²) in [5.74, 6) is 0. The Balaban J connectivity index is 2.05. The number of rotatable bonds is 0. The third-order valence-electron chi connectivity index (χ3n) is 4.42. The lowest BCUT2D eigenvalue weighted by Crippen LogP contribution is -2.06. The molecule has 3 aromatic carbocycles. The van der Waals surface area contributed by atoms with Gasteiger partial charge in [0.25, 0.3) is 0 Å². The van der Waals surface area contributed by atoms with Gasteiger partial charge in [-0.2, -0.15) is 0 Å². The molecule has 0 amide bonds. The van der Waals surface area contributed by atoms with Crippen molar-refractivity contribution in [3.05, 3.63) is 79.0 Å². The maximum absolute atomic E-state index is 12.9. The first-order valence-electron chi connectivity index (χ1n) is 7.75. The van der Waals surface area contributed by atoms with E-state index >= 15 is 0 Å². The summed E-state index contributed by atoms with van der Waals surface area (Å²) < 4.78 is 11.6. The maximum Gasteiger partial charge on any atom is 0.202 e. The van der Waals surface area contributed by atoms with Gasteiger partial charge in [0.1, 0.15) is 22.3 Å². The Morgan fingerprint density at radius 1 is 0.615 bits per heavy atom. The molecular formula is C20H8Cl2O4. The molecule has 126 valence electrons. The topological polar surface area (TPSA) is 60.4 Å². The second-order valence-corrected chi connectivity index (χ2v) is 6.75. The van der Waals surface area contributed by atoms with E-state index in [1.54, 1.807) is 42.5 Å². The summed E-state index contributed by atoms with van der Waals surface area (Å²) in [4.78, 5) is 25.8. The minimum absolute atomic E-state index is 0.261. The van der Waals surface area contributed by atoms with Crippen LogP contribution in [0.25, 0.3) is 43.9 Å². The van der Waals surface area contributed by atoms with E-state index in [-0.39, 0.29) is 32.4 Å². The maximum atomic E-state index is 12.9. The third kappa shape index (κ3) is 2.03. The van der Waals surface area contributed by atoms with E-state index < -0.39 is 0 Å². The summed E-state index contributed by atoms with van der Waals surface area (Å²) in [6.07, 6.45) is 0. The molecule has 26 heavy (non-hydrogen) atoms. The summed E-state index contributed by atoms with van der Waals surface area (Å²) in [6.45, 7) is 0. The Kier molecular flexibility index (Phi) is 3.17. The van der Waals surface area contributed by atoms with Crippen molar-refractivity contribution in [2.75, 3.05) is 0 Å². The molecule has 0 spiro atoms. The highest BCUT2D eigenvalue weighted by molar-refractivity contribution is 6.36. The Bertz CT molecular complexity index is 1380. The highest BCUT2D eigenvalue weighted by atomic mass is 35.5. The quantitative estimate of drug-likeness (QED) is 0.331. The highest BCUT2D eigenvalue weighted by Crippen LogP contribution is 2.29. The zero-order chi connectivity index (χ0) is 18.0.